The van der Waals surface area contributed by atoms with Gasteiger partial charge in [0.2, 0.25) is 5.91 Å². The molecule has 2 atom stereocenters. The van der Waals surface area contributed by atoms with E-state index in [0.29, 0.717) is 12.8 Å². The van der Waals surface area contributed by atoms with Gasteiger partial charge in [-0.2, -0.15) is 0 Å². The van der Waals surface area contributed by atoms with Crippen molar-refractivity contribution in [2.45, 2.75) is 70.4 Å². The molecule has 2 unspecified atom stereocenters. The van der Waals surface area contributed by atoms with E-state index in [1.165, 1.54) is 0 Å². The SMILES string of the molecule is CC(C)(CC(=O)O)NC(=O)C1(C)CCCCC1NC(=O)OCC1c2ccccc2-c2ccccc21. The molecule has 2 aromatic rings. The number of ether oxygens (including phenoxy) is 1. The quantitative estimate of drug-likeness (QED) is 0.528. The van der Waals surface area contributed by atoms with Crippen LogP contribution in [-0.2, 0) is 14.3 Å². The standard InChI is InChI=1S/C28H34N2O5/c1-27(2,16-24(31)32)30-25(33)28(3)15-9-8-14-23(28)29-26(34)35-17-22-20-12-6-4-10-18(20)19-11-5-7-13-21(19)22/h4-7,10-13,22-23H,8-9,14-17H2,1-3H3,(H,29,34)(H,30,33)(H,31,32). The smallest absolute Gasteiger partial charge is 0.407 e. The lowest BCUT2D eigenvalue weighted by molar-refractivity contribution is -0.140. The van der Waals surface area contributed by atoms with Crippen molar-refractivity contribution in [3.8, 4) is 11.1 Å². The van der Waals surface area contributed by atoms with E-state index in [1.54, 1.807) is 13.8 Å². The van der Waals surface area contributed by atoms with E-state index in [0.717, 1.165) is 35.1 Å². The zero-order valence-electron chi connectivity index (χ0n) is 20.6. The number of fused-ring (bicyclic) bond motifs is 3. The van der Waals surface area contributed by atoms with Crippen molar-refractivity contribution in [2.24, 2.45) is 5.41 Å². The first-order valence-corrected chi connectivity index (χ1v) is 12.3. The van der Waals surface area contributed by atoms with E-state index >= 15 is 0 Å². The predicted molar refractivity (Wildman–Crippen MR) is 133 cm³/mol. The first kappa shape index (κ1) is 24.8. The van der Waals surface area contributed by atoms with Gasteiger partial charge in [0, 0.05) is 17.5 Å². The molecule has 0 radical (unpaired) electrons. The molecule has 7 heteroatoms. The fraction of sp³-hybridized carbons (Fsp3) is 0.464. The van der Waals surface area contributed by atoms with Gasteiger partial charge in [0.05, 0.1) is 11.8 Å². The summed E-state index contributed by atoms with van der Waals surface area (Å²) in [6, 6.07) is 15.9. The van der Waals surface area contributed by atoms with Crippen LogP contribution in [0.25, 0.3) is 11.1 Å². The van der Waals surface area contributed by atoms with E-state index in [-0.39, 0.29) is 24.9 Å². The van der Waals surface area contributed by atoms with Crippen molar-refractivity contribution < 1.29 is 24.2 Å². The summed E-state index contributed by atoms with van der Waals surface area (Å²) < 4.78 is 5.71. The maximum absolute atomic E-state index is 13.3. The van der Waals surface area contributed by atoms with Gasteiger partial charge in [-0.05, 0) is 55.9 Å². The molecule has 1 fully saturated rings. The molecule has 0 saturated heterocycles. The zero-order valence-corrected chi connectivity index (χ0v) is 20.6. The summed E-state index contributed by atoms with van der Waals surface area (Å²) in [4.78, 5) is 37.3. The zero-order chi connectivity index (χ0) is 25.2. The van der Waals surface area contributed by atoms with E-state index in [1.807, 2.05) is 31.2 Å². The van der Waals surface area contributed by atoms with Crippen LogP contribution in [0.2, 0.25) is 0 Å². The number of carboxylic acid groups (broad SMARTS) is 1. The molecule has 2 aliphatic carbocycles. The van der Waals surface area contributed by atoms with Gasteiger partial charge in [-0.1, -0.05) is 61.4 Å². The van der Waals surface area contributed by atoms with Crippen molar-refractivity contribution in [1.82, 2.24) is 10.6 Å². The molecule has 2 aromatic carbocycles. The van der Waals surface area contributed by atoms with Crippen molar-refractivity contribution in [3.63, 3.8) is 0 Å². The highest BCUT2D eigenvalue weighted by Crippen LogP contribution is 2.44. The first-order valence-electron chi connectivity index (χ1n) is 12.3. The van der Waals surface area contributed by atoms with Gasteiger partial charge in [-0.15, -0.1) is 0 Å². The van der Waals surface area contributed by atoms with Crippen LogP contribution >= 0.6 is 0 Å². The number of alkyl carbamates (subject to hydrolysis) is 1. The Balaban J connectivity index is 1.42. The van der Waals surface area contributed by atoms with Crippen LogP contribution in [0, 0.1) is 5.41 Å². The number of carbonyl (C=O) groups excluding carboxylic acids is 2. The van der Waals surface area contributed by atoms with Crippen LogP contribution in [0.4, 0.5) is 4.79 Å². The average Bonchev–Trinajstić information content (AvgIpc) is 3.12. The molecular formula is C28H34N2O5. The minimum absolute atomic E-state index is 0.0361. The fourth-order valence-corrected chi connectivity index (χ4v) is 5.49. The fourth-order valence-electron chi connectivity index (χ4n) is 5.49. The third kappa shape index (κ3) is 5.19. The number of aliphatic carboxylic acids is 1. The molecule has 2 aliphatic rings. The predicted octanol–water partition coefficient (Wildman–Crippen LogP) is 4.84. The van der Waals surface area contributed by atoms with Crippen LogP contribution in [0.5, 0.6) is 0 Å². The van der Waals surface area contributed by atoms with Crippen LogP contribution in [0.15, 0.2) is 48.5 Å². The Morgan fingerprint density at radius 2 is 1.63 bits per heavy atom. The van der Waals surface area contributed by atoms with Gasteiger partial charge in [-0.25, -0.2) is 4.79 Å². The number of nitrogens with one attached hydrogen (secondary N) is 2. The Bertz CT molecular complexity index is 1080. The minimum Gasteiger partial charge on any atom is -0.481 e. The molecule has 7 nitrogen and oxygen atoms in total. The molecule has 0 heterocycles. The van der Waals surface area contributed by atoms with Crippen LogP contribution in [0.3, 0.4) is 0 Å². The molecule has 0 spiro atoms. The summed E-state index contributed by atoms with van der Waals surface area (Å²) in [6.07, 6.45) is 2.31. The van der Waals surface area contributed by atoms with Crippen molar-refractivity contribution in [1.29, 1.82) is 0 Å². The first-order chi connectivity index (χ1) is 16.6. The highest BCUT2D eigenvalue weighted by molar-refractivity contribution is 5.85. The summed E-state index contributed by atoms with van der Waals surface area (Å²) in [7, 11) is 0. The topological polar surface area (TPSA) is 105 Å². The van der Waals surface area contributed by atoms with E-state index < -0.39 is 29.1 Å². The lowest BCUT2D eigenvalue weighted by Crippen LogP contribution is -2.59. The normalized spacial score (nSPS) is 21.5. The number of hydrogen-bond donors (Lipinski definition) is 3. The number of carbonyl (C=O) groups is 3. The van der Waals surface area contributed by atoms with E-state index in [2.05, 4.69) is 34.9 Å². The second-order valence-electron chi connectivity index (χ2n) is 10.6. The van der Waals surface area contributed by atoms with Crippen LogP contribution < -0.4 is 10.6 Å². The second-order valence-corrected chi connectivity index (χ2v) is 10.6. The second kappa shape index (κ2) is 9.72. The van der Waals surface area contributed by atoms with Gasteiger partial charge < -0.3 is 20.5 Å². The molecule has 0 aliphatic heterocycles. The van der Waals surface area contributed by atoms with E-state index in [9.17, 15) is 14.4 Å². The number of hydrogen-bond acceptors (Lipinski definition) is 4. The highest BCUT2D eigenvalue weighted by Gasteiger charge is 2.45. The summed E-state index contributed by atoms with van der Waals surface area (Å²) in [5.74, 6) is -1.25. The van der Waals surface area contributed by atoms with Crippen LogP contribution in [-0.4, -0.2) is 41.3 Å². The summed E-state index contributed by atoms with van der Waals surface area (Å²) in [5, 5.41) is 15.0. The highest BCUT2D eigenvalue weighted by atomic mass is 16.5. The minimum atomic E-state index is -0.975. The Morgan fingerprint density at radius 3 is 2.23 bits per heavy atom. The average molecular weight is 479 g/mol. The lowest BCUT2D eigenvalue weighted by atomic mass is 9.70. The molecule has 0 bridgehead atoms. The molecule has 1 saturated carbocycles. The maximum atomic E-state index is 13.3. The van der Waals surface area contributed by atoms with Crippen molar-refractivity contribution in [2.75, 3.05) is 6.61 Å². The summed E-state index contributed by atoms with van der Waals surface area (Å²) in [5.41, 5.74) is 2.88. The van der Waals surface area contributed by atoms with Gasteiger partial charge in [0.15, 0.2) is 0 Å². The Hall–Kier alpha value is -3.35. The van der Waals surface area contributed by atoms with Crippen LogP contribution in [0.1, 0.15) is 69.9 Å². The maximum Gasteiger partial charge on any atom is 0.407 e. The third-order valence-electron chi connectivity index (χ3n) is 7.41. The Labute approximate surface area is 206 Å². The summed E-state index contributed by atoms with van der Waals surface area (Å²) in [6.45, 7) is 5.44. The molecular weight excluding hydrogens is 444 g/mol. The molecule has 3 N–H and O–H groups in total. The molecule has 4 rings (SSSR count). The molecule has 0 aromatic heterocycles. The van der Waals surface area contributed by atoms with Gasteiger partial charge in [-0.3, -0.25) is 9.59 Å². The van der Waals surface area contributed by atoms with Gasteiger partial charge >= 0.3 is 12.1 Å². The molecule has 186 valence electrons. The van der Waals surface area contributed by atoms with Gasteiger partial charge in [0.25, 0.3) is 0 Å². The summed E-state index contributed by atoms with van der Waals surface area (Å²) >= 11 is 0. The van der Waals surface area contributed by atoms with Crippen molar-refractivity contribution >= 4 is 18.0 Å². The number of rotatable bonds is 7. The largest absolute Gasteiger partial charge is 0.481 e. The molecule has 2 amide bonds. The monoisotopic (exact) mass is 478 g/mol. The molecule has 35 heavy (non-hydrogen) atoms. The number of amides is 2. The Morgan fingerprint density at radius 1 is 1.03 bits per heavy atom. The van der Waals surface area contributed by atoms with E-state index in [4.69, 9.17) is 9.84 Å². The lowest BCUT2D eigenvalue weighted by Gasteiger charge is -2.42. The van der Waals surface area contributed by atoms with Gasteiger partial charge in [0.1, 0.15) is 6.61 Å². The Kier molecular flexibility index (Phi) is 6.88. The number of benzene rings is 2. The third-order valence-corrected chi connectivity index (χ3v) is 7.41. The van der Waals surface area contributed by atoms with Crippen molar-refractivity contribution in [3.05, 3.63) is 59.7 Å². The number of carboxylic acids is 1.